The molecule has 0 atom stereocenters. The molecule has 9 nitrogen and oxygen atoms in total. The largest absolute Gasteiger partial charge is 0.495 e. The molecule has 11 heteroatoms. The van der Waals surface area contributed by atoms with Crippen molar-refractivity contribution in [3.05, 3.63) is 71.8 Å². The summed E-state index contributed by atoms with van der Waals surface area (Å²) in [5, 5.41) is 0.506. The van der Waals surface area contributed by atoms with E-state index in [0.29, 0.717) is 53.0 Å². The van der Waals surface area contributed by atoms with Gasteiger partial charge in [-0.15, -0.1) is 0 Å². The number of para-hydroxylation sites is 1. The van der Waals surface area contributed by atoms with E-state index < -0.39 is 10.0 Å². The number of anilines is 2. The zero-order chi connectivity index (χ0) is 28.4. The molecule has 0 unspecified atom stereocenters. The number of fused-ring (bicyclic) bond motifs is 2. The number of rotatable bonds is 9. The molecule has 0 saturated carbocycles. The molecule has 4 aromatic rings. The summed E-state index contributed by atoms with van der Waals surface area (Å²) in [5.74, 6) is 0.965. The van der Waals surface area contributed by atoms with Crippen LogP contribution in [0.3, 0.4) is 0 Å². The van der Waals surface area contributed by atoms with E-state index in [-0.39, 0.29) is 10.8 Å². The average molecular weight is 581 g/mol. The number of carbonyl (C=O) groups excluding carboxylic acids is 1. The Morgan fingerprint density at radius 1 is 0.975 bits per heavy atom. The fraction of sp³-hybridized carbons (Fsp3) is 0.310. The Morgan fingerprint density at radius 2 is 1.68 bits per heavy atom. The van der Waals surface area contributed by atoms with Crippen LogP contribution in [0.4, 0.5) is 10.8 Å². The summed E-state index contributed by atoms with van der Waals surface area (Å²) in [4.78, 5) is 22.3. The smallest absolute Gasteiger partial charge is 0.264 e. The fourth-order valence-corrected chi connectivity index (χ4v) is 7.41. The van der Waals surface area contributed by atoms with Crippen molar-refractivity contribution >= 4 is 48.3 Å². The van der Waals surface area contributed by atoms with Crippen molar-refractivity contribution in [2.45, 2.75) is 17.7 Å². The van der Waals surface area contributed by atoms with Gasteiger partial charge in [0, 0.05) is 25.2 Å². The van der Waals surface area contributed by atoms with Gasteiger partial charge in [0.1, 0.15) is 21.7 Å². The van der Waals surface area contributed by atoms with E-state index in [1.165, 1.54) is 27.8 Å². The second-order valence-corrected chi connectivity index (χ2v) is 12.6. The number of hydrogen-bond acceptors (Lipinski definition) is 8. The molecule has 0 saturated heterocycles. The predicted octanol–water partition coefficient (Wildman–Crippen LogP) is 4.66. The number of thiazole rings is 1. The number of likely N-dealkylation sites (N-methyl/N-ethyl adjacent to an activating group) is 1. The molecule has 0 radical (unpaired) electrons. The second kappa shape index (κ2) is 11.4. The van der Waals surface area contributed by atoms with Crippen LogP contribution in [0.5, 0.6) is 11.5 Å². The molecule has 5 rings (SSSR count). The number of ether oxygens (including phenoxy) is 2. The van der Waals surface area contributed by atoms with Crippen molar-refractivity contribution in [3.63, 3.8) is 0 Å². The zero-order valence-corrected chi connectivity index (χ0v) is 24.6. The lowest BCUT2D eigenvalue weighted by molar-refractivity contribution is 0.0985. The molecule has 0 fully saturated rings. The van der Waals surface area contributed by atoms with E-state index in [1.807, 2.05) is 49.3 Å². The third-order valence-corrected chi connectivity index (χ3v) is 9.82. The van der Waals surface area contributed by atoms with Gasteiger partial charge in [-0.3, -0.25) is 14.0 Å². The molecule has 3 aromatic carbocycles. The van der Waals surface area contributed by atoms with Gasteiger partial charge in [-0.1, -0.05) is 29.5 Å². The van der Waals surface area contributed by atoms with E-state index >= 15 is 0 Å². The van der Waals surface area contributed by atoms with Gasteiger partial charge in [-0.2, -0.15) is 0 Å². The summed E-state index contributed by atoms with van der Waals surface area (Å²) in [7, 11) is 3.26. The molecule has 2 heterocycles. The molecule has 1 aliphatic heterocycles. The lowest BCUT2D eigenvalue weighted by Crippen LogP contribution is -2.37. The van der Waals surface area contributed by atoms with Crippen molar-refractivity contribution in [3.8, 4) is 11.5 Å². The Morgan fingerprint density at radius 3 is 2.38 bits per heavy atom. The van der Waals surface area contributed by atoms with Crippen LogP contribution in [0.2, 0.25) is 0 Å². The van der Waals surface area contributed by atoms with Crippen molar-refractivity contribution in [1.29, 1.82) is 0 Å². The third kappa shape index (κ3) is 5.24. The van der Waals surface area contributed by atoms with Crippen molar-refractivity contribution in [2.24, 2.45) is 0 Å². The summed E-state index contributed by atoms with van der Waals surface area (Å²) in [6.07, 6.45) is 1.60. The monoisotopic (exact) mass is 580 g/mol. The first kappa shape index (κ1) is 27.9. The molecule has 0 bridgehead atoms. The zero-order valence-electron chi connectivity index (χ0n) is 23.0. The van der Waals surface area contributed by atoms with Gasteiger partial charge in [0.25, 0.3) is 15.9 Å². The van der Waals surface area contributed by atoms with Crippen molar-refractivity contribution in [2.75, 3.05) is 57.2 Å². The average Bonchev–Trinajstić information content (AvgIpc) is 3.41. The van der Waals surface area contributed by atoms with Gasteiger partial charge in [-0.25, -0.2) is 13.4 Å². The molecule has 1 aliphatic rings. The van der Waals surface area contributed by atoms with Crippen LogP contribution >= 0.6 is 11.3 Å². The van der Waals surface area contributed by atoms with E-state index in [4.69, 9.17) is 14.5 Å². The highest BCUT2D eigenvalue weighted by Gasteiger charge is 2.30. The van der Waals surface area contributed by atoms with E-state index in [9.17, 15) is 13.2 Å². The number of methoxy groups -OCH3 is 2. The Labute approximate surface area is 238 Å². The number of aromatic nitrogens is 1. The standard InChI is InChI=1S/C29H32N4O5S2/c1-31(2)18-19-32(29-30-26-24(37-3)15-16-25(38-4)27(26)39-29)28(34)21-11-13-22(14-12-21)40(35,36)33-17-7-9-20-8-5-6-10-23(20)33/h5-6,8,10-16H,7,9,17-19H2,1-4H3. The van der Waals surface area contributed by atoms with Crippen LogP contribution in [-0.2, 0) is 16.4 Å². The van der Waals surface area contributed by atoms with Crippen LogP contribution in [0.15, 0.2) is 65.6 Å². The van der Waals surface area contributed by atoms with Gasteiger partial charge in [0.15, 0.2) is 5.13 Å². The molecule has 40 heavy (non-hydrogen) atoms. The number of sulfonamides is 1. The number of nitrogens with zero attached hydrogens (tertiary/aromatic N) is 4. The van der Waals surface area contributed by atoms with Gasteiger partial charge >= 0.3 is 0 Å². The number of hydrogen-bond donors (Lipinski definition) is 0. The summed E-state index contributed by atoms with van der Waals surface area (Å²) < 4.78 is 40.4. The van der Waals surface area contributed by atoms with Crippen LogP contribution in [0.25, 0.3) is 10.2 Å². The molecule has 0 N–H and O–H groups in total. The summed E-state index contributed by atoms with van der Waals surface area (Å²) in [6, 6.07) is 17.3. The van der Waals surface area contributed by atoms with Crippen LogP contribution in [0.1, 0.15) is 22.3 Å². The summed E-state index contributed by atoms with van der Waals surface area (Å²) >= 11 is 1.35. The molecule has 210 valence electrons. The van der Waals surface area contributed by atoms with Crippen LogP contribution in [0, 0.1) is 0 Å². The topological polar surface area (TPSA) is 92.3 Å². The Balaban J connectivity index is 1.47. The normalized spacial score (nSPS) is 13.4. The second-order valence-electron chi connectivity index (χ2n) is 9.74. The molecule has 1 amide bonds. The highest BCUT2D eigenvalue weighted by atomic mass is 32.2. The first-order valence-electron chi connectivity index (χ1n) is 12.9. The van der Waals surface area contributed by atoms with Crippen LogP contribution < -0.4 is 18.7 Å². The maximum Gasteiger partial charge on any atom is 0.264 e. The van der Waals surface area contributed by atoms with Gasteiger partial charge in [0.05, 0.1) is 24.8 Å². The third-order valence-electron chi connectivity index (χ3n) is 6.90. The van der Waals surface area contributed by atoms with Gasteiger partial charge < -0.3 is 14.4 Å². The minimum atomic E-state index is -3.78. The molecular formula is C29H32N4O5S2. The molecular weight excluding hydrogens is 548 g/mol. The van der Waals surface area contributed by atoms with Crippen molar-refractivity contribution in [1.82, 2.24) is 9.88 Å². The van der Waals surface area contributed by atoms with Crippen molar-refractivity contribution < 1.29 is 22.7 Å². The number of amides is 1. The first-order chi connectivity index (χ1) is 19.2. The maximum absolute atomic E-state index is 13.8. The molecule has 0 spiro atoms. The minimum absolute atomic E-state index is 0.148. The minimum Gasteiger partial charge on any atom is -0.495 e. The number of carbonyl (C=O) groups is 1. The predicted molar refractivity (Wildman–Crippen MR) is 159 cm³/mol. The molecule has 1 aromatic heterocycles. The number of benzene rings is 3. The van der Waals surface area contributed by atoms with Gasteiger partial charge in [-0.05, 0) is 75.0 Å². The highest BCUT2D eigenvalue weighted by Crippen LogP contribution is 2.40. The first-order valence-corrected chi connectivity index (χ1v) is 15.2. The lowest BCUT2D eigenvalue weighted by atomic mass is 10.0. The fourth-order valence-electron chi connectivity index (χ4n) is 4.78. The van der Waals surface area contributed by atoms with E-state index in [1.54, 1.807) is 37.3 Å². The lowest BCUT2D eigenvalue weighted by Gasteiger charge is -2.30. The SMILES string of the molecule is COc1ccc(OC)c2sc(N(CCN(C)C)C(=O)c3ccc(S(=O)(=O)N4CCCc5ccccc54)cc3)nc12. The van der Waals surface area contributed by atoms with E-state index in [0.717, 1.165) is 23.1 Å². The Hall–Kier alpha value is -3.67. The Bertz CT molecular complexity index is 1590. The quantitative estimate of drug-likeness (QED) is 0.284. The maximum atomic E-state index is 13.8. The van der Waals surface area contributed by atoms with E-state index in [2.05, 4.69) is 0 Å². The Kier molecular flexibility index (Phi) is 7.97. The van der Waals surface area contributed by atoms with Gasteiger partial charge in [0.2, 0.25) is 0 Å². The molecule has 0 aliphatic carbocycles. The van der Waals surface area contributed by atoms with Crippen LogP contribution in [-0.4, -0.2) is 72.2 Å². The summed E-state index contributed by atoms with van der Waals surface area (Å²) in [6.45, 7) is 1.42. The highest BCUT2D eigenvalue weighted by molar-refractivity contribution is 7.92. The summed E-state index contributed by atoms with van der Waals surface area (Å²) in [5.41, 5.74) is 2.72. The number of aryl methyl sites for hydroxylation is 1.